The third-order valence-corrected chi connectivity index (χ3v) is 4.45. The number of carbonyl (C=O) groups excluding carboxylic acids is 1. The Morgan fingerprint density at radius 1 is 1.14 bits per heavy atom. The molecule has 112 valence electrons. The molecule has 0 spiro atoms. The third-order valence-electron chi connectivity index (χ3n) is 3.52. The summed E-state index contributed by atoms with van der Waals surface area (Å²) in [6.45, 7) is 4.64. The smallest absolute Gasteiger partial charge is 0.321 e. The van der Waals surface area contributed by atoms with E-state index in [9.17, 15) is 4.79 Å². The number of rotatable bonds is 3. The maximum absolute atomic E-state index is 11.9. The first-order chi connectivity index (χ1) is 10.6. The maximum Gasteiger partial charge on any atom is 0.321 e. The van der Waals surface area contributed by atoms with Crippen molar-refractivity contribution < 1.29 is 4.79 Å². The quantitative estimate of drug-likeness (QED) is 0.760. The molecule has 0 saturated carbocycles. The van der Waals surface area contributed by atoms with E-state index in [4.69, 9.17) is 0 Å². The molecule has 22 heavy (non-hydrogen) atoms. The molecule has 0 fully saturated rings. The van der Waals surface area contributed by atoms with E-state index in [1.807, 2.05) is 36.4 Å². The number of benzene rings is 2. The summed E-state index contributed by atoms with van der Waals surface area (Å²) in [7, 11) is 0. The van der Waals surface area contributed by atoms with E-state index in [2.05, 4.69) is 35.5 Å². The number of thiazole rings is 1. The van der Waals surface area contributed by atoms with Crippen molar-refractivity contribution in [3.8, 4) is 0 Å². The Morgan fingerprint density at radius 3 is 2.64 bits per heavy atom. The third kappa shape index (κ3) is 3.26. The standard InChI is InChI=1S/C17H17N3OS/c1-11-8-14-15(9-12(11)2)22-17(19-14)20-16(21)18-10-13-6-4-3-5-7-13/h3-9H,10H2,1-2H3,(H2,18,19,20,21). The van der Waals surface area contributed by atoms with Gasteiger partial charge < -0.3 is 5.32 Å². The van der Waals surface area contributed by atoms with E-state index < -0.39 is 0 Å². The topological polar surface area (TPSA) is 54.0 Å². The van der Waals surface area contributed by atoms with E-state index in [0.29, 0.717) is 11.7 Å². The number of hydrogen-bond acceptors (Lipinski definition) is 3. The molecule has 3 aromatic rings. The molecule has 0 radical (unpaired) electrons. The summed E-state index contributed by atoms with van der Waals surface area (Å²) in [5.74, 6) is 0. The number of hydrogen-bond donors (Lipinski definition) is 2. The largest absolute Gasteiger partial charge is 0.334 e. The normalized spacial score (nSPS) is 10.6. The Morgan fingerprint density at radius 2 is 1.86 bits per heavy atom. The van der Waals surface area contributed by atoms with E-state index in [0.717, 1.165) is 15.8 Å². The van der Waals surface area contributed by atoms with E-state index in [1.54, 1.807) is 0 Å². The summed E-state index contributed by atoms with van der Waals surface area (Å²) in [6.07, 6.45) is 0. The van der Waals surface area contributed by atoms with Gasteiger partial charge in [0.25, 0.3) is 0 Å². The first kappa shape index (κ1) is 14.5. The predicted octanol–water partition coefficient (Wildman–Crippen LogP) is 4.23. The van der Waals surface area contributed by atoms with Crippen LogP contribution in [0.3, 0.4) is 0 Å². The first-order valence-corrected chi connectivity index (χ1v) is 7.90. The Hall–Kier alpha value is -2.40. The first-order valence-electron chi connectivity index (χ1n) is 7.08. The summed E-state index contributed by atoms with van der Waals surface area (Å²) in [5, 5.41) is 6.25. The van der Waals surface area contributed by atoms with Crippen LogP contribution in [0.1, 0.15) is 16.7 Å². The zero-order valence-electron chi connectivity index (χ0n) is 12.5. The van der Waals surface area contributed by atoms with E-state index in [1.165, 1.54) is 22.5 Å². The second-order valence-corrected chi connectivity index (χ2v) is 6.25. The van der Waals surface area contributed by atoms with Crippen molar-refractivity contribution in [3.05, 3.63) is 59.2 Å². The van der Waals surface area contributed by atoms with Gasteiger partial charge in [-0.15, -0.1) is 0 Å². The lowest BCUT2D eigenvalue weighted by atomic mass is 10.1. The van der Waals surface area contributed by atoms with Crippen LogP contribution in [0.5, 0.6) is 0 Å². The molecule has 1 heterocycles. The van der Waals surface area contributed by atoms with Crippen LogP contribution in [0, 0.1) is 13.8 Å². The lowest BCUT2D eigenvalue weighted by Gasteiger charge is -2.04. The molecule has 2 aromatic carbocycles. The highest BCUT2D eigenvalue weighted by atomic mass is 32.1. The molecule has 4 nitrogen and oxygen atoms in total. The fourth-order valence-electron chi connectivity index (χ4n) is 2.15. The molecule has 2 amide bonds. The molecule has 0 aliphatic carbocycles. The molecule has 5 heteroatoms. The van der Waals surface area contributed by atoms with Gasteiger partial charge >= 0.3 is 6.03 Å². The Labute approximate surface area is 133 Å². The number of aryl methyl sites for hydroxylation is 2. The van der Waals surface area contributed by atoms with Gasteiger partial charge in [0.1, 0.15) is 0 Å². The monoisotopic (exact) mass is 311 g/mol. The van der Waals surface area contributed by atoms with Crippen LogP contribution >= 0.6 is 11.3 Å². The molecule has 0 bridgehead atoms. The van der Waals surface area contributed by atoms with Crippen LogP contribution in [0.25, 0.3) is 10.2 Å². The molecule has 0 saturated heterocycles. The predicted molar refractivity (Wildman–Crippen MR) is 91.4 cm³/mol. The average Bonchev–Trinajstić information content (AvgIpc) is 2.88. The number of anilines is 1. The highest BCUT2D eigenvalue weighted by Gasteiger charge is 2.08. The van der Waals surface area contributed by atoms with Crippen molar-refractivity contribution in [1.29, 1.82) is 0 Å². The van der Waals surface area contributed by atoms with E-state index >= 15 is 0 Å². The zero-order chi connectivity index (χ0) is 15.5. The van der Waals surface area contributed by atoms with Gasteiger partial charge in [0.15, 0.2) is 5.13 Å². The summed E-state index contributed by atoms with van der Waals surface area (Å²) >= 11 is 1.49. The van der Waals surface area contributed by atoms with Gasteiger partial charge in [-0.3, -0.25) is 5.32 Å². The van der Waals surface area contributed by atoms with Crippen LogP contribution in [0.15, 0.2) is 42.5 Å². The highest BCUT2D eigenvalue weighted by Crippen LogP contribution is 2.28. The molecule has 1 aromatic heterocycles. The minimum Gasteiger partial charge on any atom is -0.334 e. The molecule has 3 rings (SSSR count). The molecule has 0 aliphatic heterocycles. The zero-order valence-corrected chi connectivity index (χ0v) is 13.3. The summed E-state index contributed by atoms with van der Waals surface area (Å²) in [4.78, 5) is 16.4. The number of nitrogens with one attached hydrogen (secondary N) is 2. The summed E-state index contributed by atoms with van der Waals surface area (Å²) in [5.41, 5.74) is 4.42. The van der Waals surface area contributed by atoms with Crippen molar-refractivity contribution in [1.82, 2.24) is 10.3 Å². The van der Waals surface area contributed by atoms with Crippen molar-refractivity contribution in [2.45, 2.75) is 20.4 Å². The fraction of sp³-hybridized carbons (Fsp3) is 0.176. The lowest BCUT2D eigenvalue weighted by molar-refractivity contribution is 0.251. The van der Waals surface area contributed by atoms with Crippen molar-refractivity contribution >= 4 is 32.7 Å². The van der Waals surface area contributed by atoms with Gasteiger partial charge in [-0.25, -0.2) is 9.78 Å². The average molecular weight is 311 g/mol. The van der Waals surface area contributed by atoms with Gasteiger partial charge in [-0.05, 0) is 42.7 Å². The Balaban J connectivity index is 1.66. The minimum atomic E-state index is -0.239. The van der Waals surface area contributed by atoms with E-state index in [-0.39, 0.29) is 6.03 Å². The highest BCUT2D eigenvalue weighted by molar-refractivity contribution is 7.22. The Bertz CT molecular complexity index is 772. The second-order valence-electron chi connectivity index (χ2n) is 5.22. The number of nitrogens with zero attached hydrogens (tertiary/aromatic N) is 1. The molecular weight excluding hydrogens is 294 g/mol. The lowest BCUT2D eigenvalue weighted by Crippen LogP contribution is -2.28. The molecule has 0 unspecified atom stereocenters. The van der Waals surface area contributed by atoms with Crippen molar-refractivity contribution in [2.24, 2.45) is 0 Å². The Kier molecular flexibility index (Phi) is 4.06. The van der Waals surface area contributed by atoms with Crippen LogP contribution < -0.4 is 10.6 Å². The molecular formula is C17H17N3OS. The van der Waals surface area contributed by atoms with Gasteiger partial charge in [0, 0.05) is 6.54 Å². The van der Waals surface area contributed by atoms with Gasteiger partial charge in [-0.2, -0.15) is 0 Å². The second kappa shape index (κ2) is 6.15. The van der Waals surface area contributed by atoms with Crippen molar-refractivity contribution in [3.63, 3.8) is 0 Å². The number of urea groups is 1. The SMILES string of the molecule is Cc1cc2nc(NC(=O)NCc3ccccc3)sc2cc1C. The minimum absolute atomic E-state index is 0.239. The molecule has 2 N–H and O–H groups in total. The summed E-state index contributed by atoms with van der Waals surface area (Å²) in [6, 6.07) is 13.7. The molecule has 0 aliphatic rings. The van der Waals surface area contributed by atoms with Crippen LogP contribution in [-0.2, 0) is 6.54 Å². The van der Waals surface area contributed by atoms with Gasteiger partial charge in [0.2, 0.25) is 0 Å². The molecule has 0 atom stereocenters. The number of amides is 2. The number of aromatic nitrogens is 1. The maximum atomic E-state index is 11.9. The van der Waals surface area contributed by atoms with Crippen LogP contribution in [0.2, 0.25) is 0 Å². The fourth-order valence-corrected chi connectivity index (χ4v) is 3.09. The van der Waals surface area contributed by atoms with Gasteiger partial charge in [-0.1, -0.05) is 41.7 Å². The number of fused-ring (bicyclic) bond motifs is 1. The van der Waals surface area contributed by atoms with Crippen molar-refractivity contribution in [2.75, 3.05) is 5.32 Å². The summed E-state index contributed by atoms with van der Waals surface area (Å²) < 4.78 is 1.08. The van der Waals surface area contributed by atoms with Crippen LogP contribution in [0.4, 0.5) is 9.93 Å². The van der Waals surface area contributed by atoms with Crippen LogP contribution in [-0.4, -0.2) is 11.0 Å². The van der Waals surface area contributed by atoms with Gasteiger partial charge in [0.05, 0.1) is 10.2 Å². The number of carbonyl (C=O) groups is 1.